The Morgan fingerprint density at radius 1 is 1.08 bits per heavy atom. The lowest BCUT2D eigenvalue weighted by Crippen LogP contribution is -2.40. The molecule has 0 radical (unpaired) electrons. The highest BCUT2D eigenvalue weighted by Gasteiger charge is 2.15. The number of hydrogen-bond donors (Lipinski definition) is 1. The summed E-state index contributed by atoms with van der Waals surface area (Å²) in [6.07, 6.45) is 1.69. The van der Waals surface area contributed by atoms with Gasteiger partial charge in [0.2, 0.25) is 11.8 Å². The van der Waals surface area contributed by atoms with E-state index in [4.69, 9.17) is 0 Å². The summed E-state index contributed by atoms with van der Waals surface area (Å²) in [6, 6.07) is 15.7. The minimum atomic E-state index is -0.443. The number of carbonyl (C=O) groups excluding carboxylic acids is 2. The van der Waals surface area contributed by atoms with Gasteiger partial charge in [-0.25, -0.2) is 4.39 Å². The number of nitrogens with one attached hydrogen (secondary N) is 1. The molecule has 0 aliphatic carbocycles. The summed E-state index contributed by atoms with van der Waals surface area (Å²) in [6.45, 7) is 1.76. The molecular weight excluding hydrogens is 307 g/mol. The Balaban J connectivity index is 1.82. The smallest absolute Gasteiger partial charge is 0.240 e. The molecule has 2 aromatic rings. The first-order valence-corrected chi connectivity index (χ1v) is 7.90. The van der Waals surface area contributed by atoms with Gasteiger partial charge in [0.1, 0.15) is 12.4 Å². The van der Waals surface area contributed by atoms with E-state index in [0.717, 1.165) is 12.8 Å². The van der Waals surface area contributed by atoms with Crippen LogP contribution in [-0.4, -0.2) is 24.9 Å². The van der Waals surface area contributed by atoms with Crippen LogP contribution in [0.25, 0.3) is 0 Å². The highest BCUT2D eigenvalue weighted by atomic mass is 19.1. The minimum absolute atomic E-state index is 0.121. The lowest BCUT2D eigenvalue weighted by atomic mass is 10.1. The number of aryl methyl sites for hydroxylation is 1. The normalized spacial score (nSPS) is 10.2. The molecule has 0 atom stereocenters. The molecule has 0 spiro atoms. The van der Waals surface area contributed by atoms with E-state index in [2.05, 4.69) is 5.32 Å². The molecule has 24 heavy (non-hydrogen) atoms. The SMILES string of the molecule is CC(=O)N(CC(=O)NCCCc1ccccc1)c1cccc(F)c1. The van der Waals surface area contributed by atoms with Crippen molar-refractivity contribution in [3.63, 3.8) is 0 Å². The quantitative estimate of drug-likeness (QED) is 0.795. The summed E-state index contributed by atoms with van der Waals surface area (Å²) in [4.78, 5) is 25.0. The predicted molar refractivity (Wildman–Crippen MR) is 92.2 cm³/mol. The van der Waals surface area contributed by atoms with Crippen molar-refractivity contribution < 1.29 is 14.0 Å². The van der Waals surface area contributed by atoms with Crippen LogP contribution in [0.1, 0.15) is 18.9 Å². The number of amides is 2. The molecule has 0 aliphatic rings. The predicted octanol–water partition coefficient (Wildman–Crippen LogP) is 2.93. The van der Waals surface area contributed by atoms with E-state index in [1.807, 2.05) is 30.3 Å². The van der Waals surface area contributed by atoms with Gasteiger partial charge in [0.25, 0.3) is 0 Å². The third-order valence-corrected chi connectivity index (χ3v) is 3.61. The summed E-state index contributed by atoms with van der Waals surface area (Å²) in [7, 11) is 0. The van der Waals surface area contributed by atoms with E-state index >= 15 is 0 Å². The van der Waals surface area contributed by atoms with Crippen molar-refractivity contribution in [1.29, 1.82) is 0 Å². The Morgan fingerprint density at radius 2 is 1.83 bits per heavy atom. The Bertz CT molecular complexity index is 689. The molecular formula is C19H21FN2O2. The van der Waals surface area contributed by atoms with Crippen molar-refractivity contribution in [3.05, 3.63) is 66.0 Å². The van der Waals surface area contributed by atoms with E-state index in [0.29, 0.717) is 12.2 Å². The number of hydrogen-bond acceptors (Lipinski definition) is 2. The maximum absolute atomic E-state index is 13.3. The van der Waals surface area contributed by atoms with Crippen LogP contribution in [-0.2, 0) is 16.0 Å². The highest BCUT2D eigenvalue weighted by molar-refractivity contribution is 5.97. The first-order chi connectivity index (χ1) is 11.6. The van der Waals surface area contributed by atoms with E-state index < -0.39 is 5.82 Å². The lowest BCUT2D eigenvalue weighted by molar-refractivity contribution is -0.123. The molecule has 0 aliphatic heterocycles. The zero-order valence-electron chi connectivity index (χ0n) is 13.7. The fourth-order valence-electron chi connectivity index (χ4n) is 2.39. The van der Waals surface area contributed by atoms with Gasteiger partial charge in [0, 0.05) is 19.2 Å². The van der Waals surface area contributed by atoms with E-state index in [-0.39, 0.29) is 18.4 Å². The average Bonchev–Trinajstić information content (AvgIpc) is 2.57. The number of benzene rings is 2. The van der Waals surface area contributed by atoms with E-state index in [1.165, 1.54) is 35.6 Å². The van der Waals surface area contributed by atoms with Gasteiger partial charge in [0.15, 0.2) is 0 Å². The lowest BCUT2D eigenvalue weighted by Gasteiger charge is -2.20. The molecule has 5 heteroatoms. The molecule has 0 unspecified atom stereocenters. The van der Waals surface area contributed by atoms with Gasteiger partial charge in [-0.05, 0) is 36.6 Å². The van der Waals surface area contributed by atoms with Crippen LogP contribution in [0.5, 0.6) is 0 Å². The van der Waals surface area contributed by atoms with Gasteiger partial charge in [-0.15, -0.1) is 0 Å². The fourth-order valence-corrected chi connectivity index (χ4v) is 2.39. The highest BCUT2D eigenvalue weighted by Crippen LogP contribution is 2.15. The van der Waals surface area contributed by atoms with Gasteiger partial charge < -0.3 is 10.2 Å². The molecule has 2 rings (SSSR count). The Hall–Kier alpha value is -2.69. The van der Waals surface area contributed by atoms with Gasteiger partial charge >= 0.3 is 0 Å². The first-order valence-electron chi connectivity index (χ1n) is 7.90. The third kappa shape index (κ3) is 5.50. The Morgan fingerprint density at radius 3 is 2.50 bits per heavy atom. The Kier molecular flexibility index (Phi) is 6.49. The number of anilines is 1. The van der Waals surface area contributed by atoms with Crippen LogP contribution in [0.15, 0.2) is 54.6 Å². The van der Waals surface area contributed by atoms with Gasteiger partial charge in [0.05, 0.1) is 0 Å². The topological polar surface area (TPSA) is 49.4 Å². The summed E-state index contributed by atoms with van der Waals surface area (Å²) in [5.41, 5.74) is 1.60. The minimum Gasteiger partial charge on any atom is -0.355 e. The van der Waals surface area contributed by atoms with Crippen LogP contribution in [0, 0.1) is 5.82 Å². The number of rotatable bonds is 7. The first kappa shape index (κ1) is 17.7. The number of halogens is 1. The molecule has 0 fully saturated rings. The van der Waals surface area contributed by atoms with Crippen LogP contribution in [0.3, 0.4) is 0 Å². The third-order valence-electron chi connectivity index (χ3n) is 3.61. The van der Waals surface area contributed by atoms with E-state index in [9.17, 15) is 14.0 Å². The number of nitrogens with zero attached hydrogens (tertiary/aromatic N) is 1. The van der Waals surface area contributed by atoms with Crippen molar-refractivity contribution in [3.8, 4) is 0 Å². The van der Waals surface area contributed by atoms with Gasteiger partial charge in [-0.1, -0.05) is 36.4 Å². The second kappa shape index (κ2) is 8.82. The Labute approximate surface area is 141 Å². The zero-order chi connectivity index (χ0) is 17.4. The largest absolute Gasteiger partial charge is 0.355 e. The van der Waals surface area contributed by atoms with Crippen LogP contribution >= 0.6 is 0 Å². The van der Waals surface area contributed by atoms with Crippen LogP contribution in [0.4, 0.5) is 10.1 Å². The number of carbonyl (C=O) groups is 2. The van der Waals surface area contributed by atoms with Gasteiger partial charge in [-0.2, -0.15) is 0 Å². The second-order valence-corrected chi connectivity index (χ2v) is 5.52. The molecule has 126 valence electrons. The fraction of sp³-hybridized carbons (Fsp3) is 0.263. The zero-order valence-corrected chi connectivity index (χ0v) is 13.7. The maximum atomic E-state index is 13.3. The van der Waals surface area contributed by atoms with Crippen molar-refractivity contribution in [2.45, 2.75) is 19.8 Å². The molecule has 0 saturated carbocycles. The summed E-state index contributed by atoms with van der Waals surface area (Å²) in [5, 5.41) is 2.80. The second-order valence-electron chi connectivity index (χ2n) is 5.52. The molecule has 2 aromatic carbocycles. The molecule has 0 aromatic heterocycles. The van der Waals surface area contributed by atoms with Crippen molar-refractivity contribution >= 4 is 17.5 Å². The van der Waals surface area contributed by atoms with Crippen LogP contribution in [0.2, 0.25) is 0 Å². The molecule has 1 N–H and O–H groups in total. The van der Waals surface area contributed by atoms with Crippen LogP contribution < -0.4 is 10.2 Å². The summed E-state index contributed by atoms with van der Waals surface area (Å²) < 4.78 is 13.3. The molecule has 0 heterocycles. The van der Waals surface area contributed by atoms with Crippen molar-refractivity contribution in [2.24, 2.45) is 0 Å². The molecule has 0 bridgehead atoms. The van der Waals surface area contributed by atoms with Gasteiger partial charge in [-0.3, -0.25) is 9.59 Å². The maximum Gasteiger partial charge on any atom is 0.240 e. The average molecular weight is 328 g/mol. The molecule has 2 amide bonds. The molecule has 0 saturated heterocycles. The summed E-state index contributed by atoms with van der Waals surface area (Å²) >= 11 is 0. The van der Waals surface area contributed by atoms with Crippen molar-refractivity contribution in [2.75, 3.05) is 18.0 Å². The summed E-state index contributed by atoms with van der Waals surface area (Å²) in [5.74, 6) is -1.01. The van der Waals surface area contributed by atoms with Crippen molar-refractivity contribution in [1.82, 2.24) is 5.32 Å². The van der Waals surface area contributed by atoms with E-state index in [1.54, 1.807) is 6.07 Å². The monoisotopic (exact) mass is 328 g/mol. The standard InChI is InChI=1S/C19H21FN2O2/c1-15(23)22(18-11-5-10-17(20)13-18)14-19(24)21-12-6-9-16-7-3-2-4-8-16/h2-5,7-8,10-11,13H,6,9,12,14H2,1H3,(H,21,24). The molecule has 4 nitrogen and oxygen atoms in total.